The number of hydrogen-bond donors (Lipinski definition) is 1. The fraction of sp³-hybridized carbons (Fsp3) is 0.533. The van der Waals surface area contributed by atoms with Crippen molar-refractivity contribution < 1.29 is 19.0 Å². The van der Waals surface area contributed by atoms with Crippen LogP contribution < -0.4 is 0 Å². The second-order valence-corrected chi connectivity index (χ2v) is 5.22. The Bertz CT molecular complexity index is 459. The van der Waals surface area contributed by atoms with Crippen molar-refractivity contribution in [2.75, 3.05) is 0 Å². The summed E-state index contributed by atoms with van der Waals surface area (Å²) >= 11 is 0. The first kappa shape index (κ1) is 14.0. The van der Waals surface area contributed by atoms with E-state index >= 15 is 0 Å². The van der Waals surface area contributed by atoms with Gasteiger partial charge >= 0.3 is 5.97 Å². The van der Waals surface area contributed by atoms with Crippen LogP contribution in [0.2, 0.25) is 0 Å². The van der Waals surface area contributed by atoms with E-state index in [1.165, 1.54) is 18.6 Å². The zero-order chi connectivity index (χ0) is 13.8. The van der Waals surface area contributed by atoms with Crippen LogP contribution in [0.1, 0.15) is 48.5 Å². The summed E-state index contributed by atoms with van der Waals surface area (Å²) in [5.74, 6) is -0.994. The van der Waals surface area contributed by atoms with Gasteiger partial charge in [0.25, 0.3) is 0 Å². The number of carboxylic acid groups (broad SMARTS) is 1. The summed E-state index contributed by atoms with van der Waals surface area (Å²) in [5.41, 5.74) is 0.523. The van der Waals surface area contributed by atoms with E-state index in [1.54, 1.807) is 0 Å². The minimum atomic E-state index is -1.05. The van der Waals surface area contributed by atoms with Crippen LogP contribution >= 0.6 is 0 Å². The smallest absolute Gasteiger partial charge is 0.336 e. The quantitative estimate of drug-likeness (QED) is 0.905. The van der Waals surface area contributed by atoms with Gasteiger partial charge in [-0.3, -0.25) is 0 Å². The Morgan fingerprint density at radius 2 is 2.16 bits per heavy atom. The van der Waals surface area contributed by atoms with E-state index in [0.29, 0.717) is 11.5 Å². The van der Waals surface area contributed by atoms with Gasteiger partial charge in [0.15, 0.2) is 0 Å². The van der Waals surface area contributed by atoms with E-state index in [2.05, 4.69) is 6.92 Å². The molecule has 1 fully saturated rings. The molecular weight excluding hydrogens is 247 g/mol. The largest absolute Gasteiger partial charge is 0.478 e. The molecule has 0 aromatic heterocycles. The summed E-state index contributed by atoms with van der Waals surface area (Å²) in [6.07, 6.45) is 4.66. The number of hydrogen-bond acceptors (Lipinski definition) is 2. The van der Waals surface area contributed by atoms with E-state index < -0.39 is 11.8 Å². The van der Waals surface area contributed by atoms with E-state index in [0.717, 1.165) is 25.3 Å². The minimum absolute atomic E-state index is 0.116. The van der Waals surface area contributed by atoms with Gasteiger partial charge in [-0.2, -0.15) is 0 Å². The Morgan fingerprint density at radius 1 is 1.42 bits per heavy atom. The fourth-order valence-electron chi connectivity index (χ4n) is 2.62. The maximum absolute atomic E-state index is 13.2. The van der Waals surface area contributed by atoms with Crippen LogP contribution in [-0.4, -0.2) is 17.2 Å². The highest BCUT2D eigenvalue weighted by atomic mass is 19.1. The summed E-state index contributed by atoms with van der Waals surface area (Å²) in [7, 11) is 0. The van der Waals surface area contributed by atoms with Crippen LogP contribution in [0, 0.1) is 11.7 Å². The molecule has 0 amide bonds. The van der Waals surface area contributed by atoms with Crippen molar-refractivity contribution in [1.82, 2.24) is 0 Å². The van der Waals surface area contributed by atoms with Gasteiger partial charge in [-0.05, 0) is 42.5 Å². The highest BCUT2D eigenvalue weighted by molar-refractivity contribution is 5.89. The lowest BCUT2D eigenvalue weighted by Gasteiger charge is -2.28. The SMILES string of the molecule is CC1CCCCC1OCc1cc(F)ccc1C(=O)O. The number of carboxylic acids is 1. The lowest BCUT2D eigenvalue weighted by atomic mass is 9.88. The molecule has 104 valence electrons. The van der Waals surface area contributed by atoms with Crippen molar-refractivity contribution in [2.24, 2.45) is 5.92 Å². The fourth-order valence-corrected chi connectivity index (χ4v) is 2.62. The maximum Gasteiger partial charge on any atom is 0.336 e. The van der Waals surface area contributed by atoms with Crippen LogP contribution in [-0.2, 0) is 11.3 Å². The lowest BCUT2D eigenvalue weighted by molar-refractivity contribution is -0.0159. The van der Waals surface area contributed by atoms with Crippen molar-refractivity contribution in [2.45, 2.75) is 45.3 Å². The molecule has 1 aromatic carbocycles. The van der Waals surface area contributed by atoms with Crippen molar-refractivity contribution in [3.63, 3.8) is 0 Å². The van der Waals surface area contributed by atoms with Crippen LogP contribution in [0.3, 0.4) is 0 Å². The van der Waals surface area contributed by atoms with Gasteiger partial charge < -0.3 is 9.84 Å². The summed E-state index contributed by atoms with van der Waals surface area (Å²) in [5, 5.41) is 9.07. The molecule has 0 bridgehead atoms. The standard InChI is InChI=1S/C15H19FO3/c1-10-4-2-3-5-14(10)19-9-11-8-12(16)6-7-13(11)15(17)18/h6-8,10,14H,2-5,9H2,1H3,(H,17,18). The summed E-state index contributed by atoms with van der Waals surface area (Å²) in [4.78, 5) is 11.1. The van der Waals surface area contributed by atoms with Crippen molar-refractivity contribution in [3.8, 4) is 0 Å². The predicted octanol–water partition coefficient (Wildman–Crippen LogP) is 3.62. The molecule has 1 aliphatic rings. The molecule has 3 nitrogen and oxygen atoms in total. The van der Waals surface area contributed by atoms with Crippen LogP contribution in [0.15, 0.2) is 18.2 Å². The van der Waals surface area contributed by atoms with Gasteiger partial charge in [0.2, 0.25) is 0 Å². The van der Waals surface area contributed by atoms with Crippen LogP contribution in [0.4, 0.5) is 4.39 Å². The van der Waals surface area contributed by atoms with E-state index in [1.807, 2.05) is 0 Å². The number of benzene rings is 1. The van der Waals surface area contributed by atoms with Crippen molar-refractivity contribution in [3.05, 3.63) is 35.1 Å². The molecule has 1 N–H and O–H groups in total. The Labute approximate surface area is 112 Å². The van der Waals surface area contributed by atoms with Gasteiger partial charge in [-0.15, -0.1) is 0 Å². The monoisotopic (exact) mass is 266 g/mol. The first-order chi connectivity index (χ1) is 9.08. The molecule has 2 rings (SSSR count). The Hall–Kier alpha value is -1.42. The van der Waals surface area contributed by atoms with E-state index in [-0.39, 0.29) is 18.3 Å². The Morgan fingerprint density at radius 3 is 2.84 bits per heavy atom. The van der Waals surface area contributed by atoms with Gasteiger partial charge in [0, 0.05) is 0 Å². The third-order valence-electron chi connectivity index (χ3n) is 3.78. The molecule has 1 aliphatic carbocycles. The molecular formula is C15H19FO3. The molecule has 0 saturated heterocycles. The Balaban J connectivity index is 2.05. The molecule has 19 heavy (non-hydrogen) atoms. The molecule has 1 aromatic rings. The van der Waals surface area contributed by atoms with E-state index in [9.17, 15) is 9.18 Å². The minimum Gasteiger partial charge on any atom is -0.478 e. The third kappa shape index (κ3) is 3.53. The normalized spacial score (nSPS) is 23.3. The van der Waals surface area contributed by atoms with Crippen LogP contribution in [0.5, 0.6) is 0 Å². The average molecular weight is 266 g/mol. The maximum atomic E-state index is 13.2. The van der Waals surface area contributed by atoms with Crippen molar-refractivity contribution >= 4 is 5.97 Å². The lowest BCUT2D eigenvalue weighted by Crippen LogP contribution is -2.25. The van der Waals surface area contributed by atoms with Gasteiger partial charge in [-0.25, -0.2) is 9.18 Å². The van der Waals surface area contributed by atoms with Gasteiger partial charge in [0.1, 0.15) is 5.82 Å². The predicted molar refractivity (Wildman–Crippen MR) is 69.6 cm³/mol. The third-order valence-corrected chi connectivity index (χ3v) is 3.78. The zero-order valence-electron chi connectivity index (χ0n) is 11.1. The molecule has 0 heterocycles. The number of carbonyl (C=O) groups is 1. The summed E-state index contributed by atoms with van der Waals surface area (Å²) < 4.78 is 19.0. The average Bonchev–Trinajstić information content (AvgIpc) is 2.37. The molecule has 4 heteroatoms. The number of halogens is 1. The van der Waals surface area contributed by atoms with Crippen LogP contribution in [0.25, 0.3) is 0 Å². The number of rotatable bonds is 4. The highest BCUT2D eigenvalue weighted by Crippen LogP contribution is 2.27. The molecule has 2 unspecified atom stereocenters. The number of ether oxygens (including phenoxy) is 1. The molecule has 0 aliphatic heterocycles. The summed E-state index contributed by atoms with van der Waals surface area (Å²) in [6, 6.07) is 3.70. The number of aromatic carboxylic acids is 1. The molecule has 1 saturated carbocycles. The first-order valence-corrected chi connectivity index (χ1v) is 6.71. The summed E-state index contributed by atoms with van der Waals surface area (Å²) in [6.45, 7) is 2.31. The second-order valence-electron chi connectivity index (χ2n) is 5.22. The first-order valence-electron chi connectivity index (χ1n) is 6.71. The highest BCUT2D eigenvalue weighted by Gasteiger charge is 2.22. The molecule has 2 atom stereocenters. The second kappa shape index (κ2) is 6.15. The Kier molecular flexibility index (Phi) is 4.53. The van der Waals surface area contributed by atoms with Gasteiger partial charge in [0.05, 0.1) is 18.3 Å². The molecule has 0 spiro atoms. The topological polar surface area (TPSA) is 46.5 Å². The van der Waals surface area contributed by atoms with E-state index in [4.69, 9.17) is 9.84 Å². The van der Waals surface area contributed by atoms with Gasteiger partial charge in [-0.1, -0.05) is 19.8 Å². The van der Waals surface area contributed by atoms with Crippen molar-refractivity contribution in [1.29, 1.82) is 0 Å². The molecule has 0 radical (unpaired) electrons. The zero-order valence-corrected chi connectivity index (χ0v) is 11.1.